The molecule has 0 amide bonds. The molecule has 0 bridgehead atoms. The van der Waals surface area contributed by atoms with Crippen LogP contribution in [0.3, 0.4) is 0 Å². The highest BCUT2D eigenvalue weighted by Gasteiger charge is 2.06. The second-order valence-electron chi connectivity index (χ2n) is 4.06. The number of hydrogen-bond acceptors (Lipinski definition) is 2. The van der Waals surface area contributed by atoms with Gasteiger partial charge in [-0.1, -0.05) is 6.07 Å². The molecule has 0 spiro atoms. The number of hydrogen-bond donors (Lipinski definition) is 1. The first kappa shape index (κ1) is 10.1. The molecule has 0 fully saturated rings. The molecule has 0 radical (unpaired) electrons. The van der Waals surface area contributed by atoms with Gasteiger partial charge in [0.1, 0.15) is 0 Å². The number of nitrogens with zero attached hydrogens (tertiary/aromatic N) is 1. The molecule has 0 saturated heterocycles. The third-order valence-corrected chi connectivity index (χ3v) is 2.63. The van der Waals surface area contributed by atoms with Gasteiger partial charge in [-0.05, 0) is 49.6 Å². The molecule has 0 unspecified atom stereocenters. The number of fused-ring (bicyclic) bond motifs is 1. The fourth-order valence-corrected chi connectivity index (χ4v) is 2.12. The molecule has 0 aliphatic carbocycles. The van der Waals surface area contributed by atoms with Gasteiger partial charge in [0.25, 0.3) is 0 Å². The van der Waals surface area contributed by atoms with Crippen molar-refractivity contribution < 1.29 is 5.11 Å². The first-order valence-electron chi connectivity index (χ1n) is 5.10. The van der Waals surface area contributed by atoms with Crippen molar-refractivity contribution in [2.24, 2.45) is 0 Å². The number of aromatic nitrogens is 1. The standard InChI is InChI=1S/C13H15NO/c1-8-4-9(2)13-11(7-15)6-10(3)14-12(13)5-8/h4-6,15H,7H2,1-3H3. The summed E-state index contributed by atoms with van der Waals surface area (Å²) >= 11 is 0. The first-order valence-corrected chi connectivity index (χ1v) is 5.10. The Bertz CT molecular complexity index is 512. The maximum Gasteiger partial charge on any atom is 0.0714 e. The molecule has 2 nitrogen and oxygen atoms in total. The lowest BCUT2D eigenvalue weighted by Crippen LogP contribution is -1.94. The van der Waals surface area contributed by atoms with Crippen molar-refractivity contribution in [3.8, 4) is 0 Å². The number of aryl methyl sites for hydroxylation is 3. The maximum absolute atomic E-state index is 9.33. The van der Waals surface area contributed by atoms with Gasteiger partial charge in [0, 0.05) is 11.1 Å². The summed E-state index contributed by atoms with van der Waals surface area (Å²) in [6.07, 6.45) is 0. The monoisotopic (exact) mass is 201 g/mol. The van der Waals surface area contributed by atoms with Crippen molar-refractivity contribution in [2.45, 2.75) is 27.4 Å². The van der Waals surface area contributed by atoms with Crippen LogP contribution in [0, 0.1) is 20.8 Å². The predicted molar refractivity (Wildman–Crippen MR) is 61.9 cm³/mol. The summed E-state index contributed by atoms with van der Waals surface area (Å²) in [6, 6.07) is 6.14. The summed E-state index contributed by atoms with van der Waals surface area (Å²) in [5.74, 6) is 0. The Hall–Kier alpha value is -1.41. The van der Waals surface area contributed by atoms with Crippen LogP contribution in [0.25, 0.3) is 10.9 Å². The minimum atomic E-state index is 0.0732. The largest absolute Gasteiger partial charge is 0.392 e. The van der Waals surface area contributed by atoms with Gasteiger partial charge in [-0.3, -0.25) is 4.98 Å². The molecule has 0 atom stereocenters. The topological polar surface area (TPSA) is 33.1 Å². The average Bonchev–Trinajstić information content (AvgIpc) is 2.14. The van der Waals surface area contributed by atoms with E-state index in [4.69, 9.17) is 0 Å². The van der Waals surface area contributed by atoms with Gasteiger partial charge in [-0.15, -0.1) is 0 Å². The van der Waals surface area contributed by atoms with Crippen molar-refractivity contribution in [3.63, 3.8) is 0 Å². The quantitative estimate of drug-likeness (QED) is 0.769. The molecular formula is C13H15NO. The molecule has 0 saturated carbocycles. The lowest BCUT2D eigenvalue weighted by molar-refractivity contribution is 0.283. The van der Waals surface area contributed by atoms with Crippen molar-refractivity contribution >= 4 is 10.9 Å². The van der Waals surface area contributed by atoms with Crippen LogP contribution in [0.1, 0.15) is 22.4 Å². The third-order valence-electron chi connectivity index (χ3n) is 2.63. The Morgan fingerprint density at radius 1 is 1.13 bits per heavy atom. The van der Waals surface area contributed by atoms with E-state index in [9.17, 15) is 5.11 Å². The van der Waals surface area contributed by atoms with E-state index < -0.39 is 0 Å². The van der Waals surface area contributed by atoms with Gasteiger partial charge >= 0.3 is 0 Å². The molecule has 78 valence electrons. The molecule has 2 aromatic rings. The highest BCUT2D eigenvalue weighted by atomic mass is 16.3. The van der Waals surface area contributed by atoms with Crippen LogP contribution in [0.15, 0.2) is 18.2 Å². The fourth-order valence-electron chi connectivity index (χ4n) is 2.12. The smallest absolute Gasteiger partial charge is 0.0714 e. The lowest BCUT2D eigenvalue weighted by Gasteiger charge is -2.09. The molecule has 1 N–H and O–H groups in total. The summed E-state index contributed by atoms with van der Waals surface area (Å²) in [7, 11) is 0. The van der Waals surface area contributed by atoms with Gasteiger partial charge < -0.3 is 5.11 Å². The maximum atomic E-state index is 9.33. The van der Waals surface area contributed by atoms with Crippen LogP contribution < -0.4 is 0 Å². The van der Waals surface area contributed by atoms with Gasteiger partial charge in [-0.25, -0.2) is 0 Å². The third kappa shape index (κ3) is 1.73. The van der Waals surface area contributed by atoms with E-state index in [1.165, 1.54) is 11.1 Å². The van der Waals surface area contributed by atoms with E-state index >= 15 is 0 Å². The molecular weight excluding hydrogens is 186 g/mol. The van der Waals surface area contributed by atoms with Crippen molar-refractivity contribution in [1.29, 1.82) is 0 Å². The minimum Gasteiger partial charge on any atom is -0.392 e. The fraction of sp³-hybridized carbons (Fsp3) is 0.308. The molecule has 0 aliphatic heterocycles. The predicted octanol–water partition coefficient (Wildman–Crippen LogP) is 2.65. The van der Waals surface area contributed by atoms with Crippen LogP contribution in [-0.2, 0) is 6.61 Å². The molecule has 1 heterocycles. The van der Waals surface area contributed by atoms with Crippen LogP contribution in [-0.4, -0.2) is 10.1 Å². The lowest BCUT2D eigenvalue weighted by atomic mass is 10.0. The summed E-state index contributed by atoms with van der Waals surface area (Å²) in [4.78, 5) is 4.49. The summed E-state index contributed by atoms with van der Waals surface area (Å²) in [5, 5.41) is 10.4. The van der Waals surface area contributed by atoms with Crippen LogP contribution in [0.4, 0.5) is 0 Å². The highest BCUT2D eigenvalue weighted by Crippen LogP contribution is 2.23. The zero-order chi connectivity index (χ0) is 11.0. The van der Waals surface area contributed by atoms with E-state index in [0.717, 1.165) is 22.2 Å². The SMILES string of the molecule is Cc1cc(C)c2c(CO)cc(C)nc2c1. The Morgan fingerprint density at radius 3 is 2.53 bits per heavy atom. The molecule has 1 aromatic carbocycles. The Morgan fingerprint density at radius 2 is 1.87 bits per heavy atom. The Labute approximate surface area is 89.6 Å². The highest BCUT2D eigenvalue weighted by molar-refractivity contribution is 5.86. The molecule has 1 aromatic heterocycles. The van der Waals surface area contributed by atoms with Crippen molar-refractivity contribution in [2.75, 3.05) is 0 Å². The first-order chi connectivity index (χ1) is 7.11. The molecule has 2 heteroatoms. The van der Waals surface area contributed by atoms with E-state index in [1.54, 1.807) is 0 Å². The van der Waals surface area contributed by atoms with Gasteiger partial charge in [0.05, 0.1) is 12.1 Å². The normalized spacial score (nSPS) is 10.9. The zero-order valence-electron chi connectivity index (χ0n) is 9.33. The zero-order valence-corrected chi connectivity index (χ0v) is 9.33. The van der Waals surface area contributed by atoms with Crippen LogP contribution >= 0.6 is 0 Å². The Kier molecular flexibility index (Phi) is 2.45. The van der Waals surface area contributed by atoms with E-state index in [2.05, 4.69) is 31.0 Å². The summed E-state index contributed by atoms with van der Waals surface area (Å²) in [6.45, 7) is 6.15. The number of pyridine rings is 1. The Balaban J connectivity index is 2.90. The van der Waals surface area contributed by atoms with E-state index in [-0.39, 0.29) is 6.61 Å². The van der Waals surface area contributed by atoms with Crippen molar-refractivity contribution in [3.05, 3.63) is 40.6 Å². The van der Waals surface area contributed by atoms with E-state index in [0.29, 0.717) is 0 Å². The second-order valence-corrected chi connectivity index (χ2v) is 4.06. The average molecular weight is 201 g/mol. The molecule has 2 rings (SSSR count). The van der Waals surface area contributed by atoms with Crippen LogP contribution in [0.5, 0.6) is 0 Å². The summed E-state index contributed by atoms with van der Waals surface area (Å²) in [5.41, 5.74) is 5.30. The summed E-state index contributed by atoms with van der Waals surface area (Å²) < 4.78 is 0. The van der Waals surface area contributed by atoms with Gasteiger partial charge in [-0.2, -0.15) is 0 Å². The minimum absolute atomic E-state index is 0.0732. The van der Waals surface area contributed by atoms with E-state index in [1.807, 2.05) is 13.0 Å². The van der Waals surface area contributed by atoms with Gasteiger partial charge in [0.2, 0.25) is 0 Å². The van der Waals surface area contributed by atoms with Gasteiger partial charge in [0.15, 0.2) is 0 Å². The second kappa shape index (κ2) is 3.63. The number of aliphatic hydroxyl groups excluding tert-OH is 1. The number of aliphatic hydroxyl groups is 1. The molecule has 0 aliphatic rings. The van der Waals surface area contributed by atoms with Crippen molar-refractivity contribution in [1.82, 2.24) is 4.98 Å². The molecule has 15 heavy (non-hydrogen) atoms. The number of benzene rings is 1. The number of rotatable bonds is 1. The van der Waals surface area contributed by atoms with Crippen LogP contribution in [0.2, 0.25) is 0 Å².